The molecule has 0 aromatic carbocycles. The summed E-state index contributed by atoms with van der Waals surface area (Å²) in [4.78, 5) is 27.3. The summed E-state index contributed by atoms with van der Waals surface area (Å²) in [7, 11) is 0. The Morgan fingerprint density at radius 1 is 0.248 bits per heavy atom. The molecular weight excluding hydrogens is 1550 g/mol. The maximum absolute atomic E-state index is 13.7. The highest BCUT2D eigenvalue weighted by Crippen LogP contribution is 2.42. The van der Waals surface area contributed by atoms with Gasteiger partial charge in [0.05, 0.1) is 64.1 Å². The number of aliphatic hydroxyl groups excluding tert-OH is 26. The molecule has 113 heavy (non-hydrogen) atoms. The molecule has 10 heterocycles. The van der Waals surface area contributed by atoms with Gasteiger partial charge >= 0.3 is 0 Å². The first kappa shape index (κ1) is 92.4. The Morgan fingerprint density at radius 3 is 0.894 bits per heavy atom. The van der Waals surface area contributed by atoms with Crippen molar-refractivity contribution in [1.82, 2.24) is 10.6 Å². The molecule has 0 aliphatic carbocycles. The minimum absolute atomic E-state index is 0.911. The van der Waals surface area contributed by atoms with Gasteiger partial charge in [0, 0.05) is 13.8 Å². The second-order valence-corrected chi connectivity index (χ2v) is 29.4. The number of nitrogens with one attached hydrogen (secondary N) is 2. The van der Waals surface area contributed by atoms with E-state index in [1.165, 1.54) is 27.7 Å². The smallest absolute Gasteiger partial charge is 0.217 e. The summed E-state index contributed by atoms with van der Waals surface area (Å²) in [6, 6.07) is -4.07. The quantitative estimate of drug-likeness (QED) is 0.0382. The van der Waals surface area contributed by atoms with Crippen LogP contribution in [0, 0.1) is 0 Å². The van der Waals surface area contributed by atoms with E-state index in [1.54, 1.807) is 0 Å². The van der Waals surface area contributed by atoms with Crippen molar-refractivity contribution in [3.05, 3.63) is 0 Å². The number of carbonyl (C=O) groups excluding carboxylic acids is 2. The van der Waals surface area contributed by atoms with Gasteiger partial charge in [-0.25, -0.2) is 0 Å². The van der Waals surface area contributed by atoms with Crippen LogP contribution in [0.2, 0.25) is 0 Å². The topological polar surface area (TPSA) is 760 Å². The van der Waals surface area contributed by atoms with Crippen LogP contribution in [0.1, 0.15) is 41.5 Å². The zero-order valence-corrected chi connectivity index (χ0v) is 61.3. The van der Waals surface area contributed by atoms with E-state index in [4.69, 9.17) is 90.0 Å². The van der Waals surface area contributed by atoms with Crippen LogP contribution < -0.4 is 10.6 Å². The van der Waals surface area contributed by atoms with Gasteiger partial charge in [-0.1, -0.05) is 0 Å². The molecule has 0 radical (unpaired) electrons. The molecule has 0 spiro atoms. The molecule has 10 fully saturated rings. The molecule has 49 nitrogen and oxygen atoms in total. The fourth-order valence-electron chi connectivity index (χ4n) is 14.9. The predicted molar refractivity (Wildman–Crippen MR) is 347 cm³/mol. The minimum atomic E-state index is -2.52. The molecule has 28 N–H and O–H groups in total. The number of rotatable bonds is 26. The number of amides is 2. The molecule has 0 saturated carbocycles. The van der Waals surface area contributed by atoms with Crippen molar-refractivity contribution >= 4 is 11.8 Å². The average molecular weight is 1660 g/mol. The highest BCUT2D eigenvalue weighted by molar-refractivity contribution is 5.73. The monoisotopic (exact) mass is 1660 g/mol. The number of aliphatic hydroxyl groups is 26. The molecule has 0 aromatic rings. The summed E-state index contributed by atoms with van der Waals surface area (Å²) in [5.41, 5.74) is 0. The van der Waals surface area contributed by atoms with Gasteiger partial charge in [0.2, 0.25) is 11.8 Å². The lowest BCUT2D eigenvalue weighted by atomic mass is 9.93. The summed E-state index contributed by atoms with van der Waals surface area (Å²) < 4.78 is 115. The largest absolute Gasteiger partial charge is 0.394 e. The normalized spacial score (nSPS) is 52.8. The van der Waals surface area contributed by atoms with Gasteiger partial charge in [-0.2, -0.15) is 0 Å². The first-order chi connectivity index (χ1) is 53.3. The molecular formula is C64H108N2O47. The third-order valence-corrected chi connectivity index (χ3v) is 21.5. The van der Waals surface area contributed by atoms with Gasteiger partial charge in [0.15, 0.2) is 62.9 Å². The Labute approximate surface area is 641 Å². The molecule has 10 aliphatic rings. The highest BCUT2D eigenvalue weighted by Gasteiger charge is 2.62. The van der Waals surface area contributed by atoms with Gasteiger partial charge in [-0.3, -0.25) is 9.59 Å². The first-order valence-electron chi connectivity index (χ1n) is 36.6. The molecule has 10 aliphatic heterocycles. The summed E-state index contributed by atoms with van der Waals surface area (Å²) >= 11 is 0. The summed E-state index contributed by atoms with van der Waals surface area (Å²) in [5.74, 6) is -2.02. The van der Waals surface area contributed by atoms with Crippen LogP contribution in [0.25, 0.3) is 0 Å². The van der Waals surface area contributed by atoms with Gasteiger partial charge in [-0.15, -0.1) is 0 Å². The van der Waals surface area contributed by atoms with Crippen molar-refractivity contribution in [2.45, 2.75) is 348 Å². The maximum Gasteiger partial charge on any atom is 0.217 e. The zero-order valence-electron chi connectivity index (χ0n) is 61.3. The van der Waals surface area contributed by atoms with E-state index in [-0.39, 0.29) is 0 Å². The third kappa shape index (κ3) is 19.7. The maximum atomic E-state index is 13.7. The van der Waals surface area contributed by atoms with E-state index in [1.807, 2.05) is 0 Å². The third-order valence-electron chi connectivity index (χ3n) is 21.5. The Kier molecular flexibility index (Phi) is 32.2. The Balaban J connectivity index is 1.02. The van der Waals surface area contributed by atoms with Gasteiger partial charge in [0.1, 0.15) is 220 Å². The van der Waals surface area contributed by atoms with E-state index in [9.17, 15) is 142 Å². The molecule has 49 heteroatoms. The molecule has 0 aromatic heterocycles. The summed E-state index contributed by atoms with van der Waals surface area (Å²) in [6.45, 7) is -0.0499. The number of hydrogen-bond donors (Lipinski definition) is 28. The van der Waals surface area contributed by atoms with Crippen molar-refractivity contribution in [3.8, 4) is 0 Å². The van der Waals surface area contributed by atoms with E-state index in [0.717, 1.165) is 13.8 Å². The second kappa shape index (κ2) is 39.3. The SMILES string of the molecule is CC(=O)N[C@H]1[C@H](OC[C@H]2O[C@@H](O[C@H]3[C@H](O)[C@@H](O)C(O)O[C@@H]3CO)[C@H](O)[C@@H](O[C@@H]3O[C@H](CO)[C@@H](O[C@@H]4O[C@H](CO)[C@H](O)[C@H](O)[C@H]4O[C@@H]4O[C@@H](C)[C@@H](O)[C@@H](O)[C@@H]4O)[C@H](O[C@@H]4O[C@@H](C)[C@@H](O)[C@@H](O)[C@@H]4O)[C@H]3NC(C)=O)[C@H]2O)O[C@H](CO)[C@@H](O[C@@H]2O[C@H](CO)[C@H](O)[C@H](O)[C@H]2O[C@@H]2O[C@@H](C)[C@@H](O)[C@@H](O)[C@@H]2O)[C@@H]1O[C@@H]1O[C@@H](C)[C@@H](O)[C@@H](O)[C@@H]1O. The molecule has 10 saturated heterocycles. The van der Waals surface area contributed by atoms with Crippen LogP contribution in [0.15, 0.2) is 0 Å². The Bertz CT molecular complexity index is 2970. The van der Waals surface area contributed by atoms with E-state index >= 15 is 0 Å². The van der Waals surface area contributed by atoms with Crippen LogP contribution in [-0.4, -0.2) is 491 Å². The van der Waals surface area contributed by atoms with Crippen molar-refractivity contribution < 1.29 is 232 Å². The van der Waals surface area contributed by atoms with Crippen LogP contribution >= 0.6 is 0 Å². The van der Waals surface area contributed by atoms with Crippen LogP contribution in [0.5, 0.6) is 0 Å². The molecule has 1 unspecified atom stereocenters. The fraction of sp³-hybridized carbons (Fsp3) is 0.969. The summed E-state index contributed by atoms with van der Waals surface area (Å²) in [5, 5.41) is 294. The molecule has 0 bridgehead atoms. The van der Waals surface area contributed by atoms with Gasteiger partial charge in [0.25, 0.3) is 0 Å². The van der Waals surface area contributed by atoms with Crippen molar-refractivity contribution in [2.24, 2.45) is 0 Å². The van der Waals surface area contributed by atoms with Crippen molar-refractivity contribution in [1.29, 1.82) is 0 Å². The van der Waals surface area contributed by atoms with E-state index in [0.29, 0.717) is 0 Å². The lowest BCUT2D eigenvalue weighted by Crippen LogP contribution is -2.71. The molecule has 656 valence electrons. The summed E-state index contributed by atoms with van der Waals surface area (Å²) in [6.07, 6.45) is -97.1. The van der Waals surface area contributed by atoms with Gasteiger partial charge < -0.3 is 233 Å². The van der Waals surface area contributed by atoms with E-state index in [2.05, 4.69) is 10.6 Å². The fourth-order valence-corrected chi connectivity index (χ4v) is 14.9. The van der Waals surface area contributed by atoms with Crippen LogP contribution in [0.4, 0.5) is 0 Å². The predicted octanol–water partition coefficient (Wildman–Crippen LogP) is -18.4. The van der Waals surface area contributed by atoms with Crippen molar-refractivity contribution in [2.75, 3.05) is 39.6 Å². The zero-order chi connectivity index (χ0) is 83.1. The van der Waals surface area contributed by atoms with Gasteiger partial charge in [-0.05, 0) is 27.7 Å². The lowest BCUT2D eigenvalue weighted by Gasteiger charge is -2.52. The lowest BCUT2D eigenvalue weighted by molar-refractivity contribution is -0.403. The standard InChI is InChI=1S/C64H108N2O47/c1-13-27(74)34(81)42(89)58(96-13)109-50-25(65-17(5)72)56(103-22(10-70)48(50)107-63-53(38(85)31(78)19(7-67)101-63)112-60-44(91)36(83)29(76)15(3)98-60)95-12-24-33(80)52(46(93)62(105-24)106-47-21(9-69)100-55(94)41(88)40(47)87)111-57-26(66-18(6)73)51(110-59-43(90)35(82)28(75)14(2)97-59)49(23(11-71)104-57)108-64-54(39(86)32(79)20(8-68)102-64)113-61-45(92)37(84)30(77)16(4)99-61/h13-16,19-64,67-71,74-94H,7-12H2,1-6H3,(H,65,72)(H,66,73)/t13-,14-,15-,16-,19+,20+,21+,22+,23+,24+,25+,26+,27+,28+,29+,30+,31-,32-,33-,34+,35+,36+,37+,38-,39-,40+,41+,42-,43-,44-,45-,46+,47+,48+,49+,50+,51+,52-,53+,54+,55?,56+,57-,58-,59-,60-,61-,62-,63-,64-/m0/s1. The molecule has 10 rings (SSSR count). The molecule has 2 amide bonds. The average Bonchev–Trinajstić information content (AvgIpc) is 0.754. The minimum Gasteiger partial charge on any atom is -0.394 e. The Hall–Kier alpha value is -2.86. The second-order valence-electron chi connectivity index (χ2n) is 29.4. The highest BCUT2D eigenvalue weighted by atomic mass is 16.8. The molecule has 50 atom stereocenters. The Morgan fingerprint density at radius 2 is 0.531 bits per heavy atom. The van der Waals surface area contributed by atoms with Crippen LogP contribution in [0.3, 0.4) is 0 Å². The van der Waals surface area contributed by atoms with Crippen molar-refractivity contribution in [3.63, 3.8) is 0 Å². The number of ether oxygens (including phenoxy) is 19. The van der Waals surface area contributed by atoms with E-state index < -0.39 is 358 Å². The number of hydrogen-bond acceptors (Lipinski definition) is 47. The van der Waals surface area contributed by atoms with Crippen LogP contribution in [-0.2, 0) is 99.6 Å². The first-order valence-corrected chi connectivity index (χ1v) is 36.6. The number of carbonyl (C=O) groups is 2.